The Balaban J connectivity index is 2.03. The number of aromatic nitrogens is 2. The topological polar surface area (TPSA) is 47.1 Å². The average molecular weight is 264 g/mol. The van der Waals surface area contributed by atoms with Crippen molar-refractivity contribution in [1.82, 2.24) is 14.7 Å². The molecule has 1 aromatic rings. The molecule has 1 unspecified atom stereocenters. The van der Waals surface area contributed by atoms with Gasteiger partial charge in [-0.1, -0.05) is 13.3 Å². The molecule has 108 valence electrons. The average Bonchev–Trinajstić information content (AvgIpc) is 2.90. The Labute approximate surface area is 117 Å². The van der Waals surface area contributed by atoms with Crippen LogP contribution in [-0.2, 0) is 0 Å². The Kier molecular flexibility index (Phi) is 4.99. The molecule has 0 saturated carbocycles. The third-order valence-electron chi connectivity index (χ3n) is 4.43. The van der Waals surface area contributed by atoms with Crippen LogP contribution >= 0.6 is 0 Å². The molecule has 0 aromatic carbocycles. The molecule has 1 aliphatic rings. The minimum absolute atomic E-state index is 0.338. The predicted molar refractivity (Wildman–Crippen MR) is 79.0 cm³/mol. The molecule has 0 aliphatic carbocycles. The van der Waals surface area contributed by atoms with Crippen LogP contribution in [0, 0.1) is 5.92 Å². The molecule has 2 heterocycles. The minimum Gasteiger partial charge on any atom is -0.329 e. The van der Waals surface area contributed by atoms with Gasteiger partial charge >= 0.3 is 0 Å². The van der Waals surface area contributed by atoms with Gasteiger partial charge in [0.25, 0.3) is 0 Å². The van der Waals surface area contributed by atoms with E-state index in [4.69, 9.17) is 5.73 Å². The summed E-state index contributed by atoms with van der Waals surface area (Å²) in [4.78, 5) is 2.54. The summed E-state index contributed by atoms with van der Waals surface area (Å²) in [5.74, 6) is 0.910. The molecule has 4 nitrogen and oxygen atoms in total. The fraction of sp³-hybridized carbons (Fsp3) is 0.800. The van der Waals surface area contributed by atoms with Crippen molar-refractivity contribution in [2.75, 3.05) is 19.6 Å². The summed E-state index contributed by atoms with van der Waals surface area (Å²) >= 11 is 0. The molecule has 1 saturated heterocycles. The normalized spacial score (nSPS) is 20.1. The van der Waals surface area contributed by atoms with E-state index >= 15 is 0 Å². The summed E-state index contributed by atoms with van der Waals surface area (Å²) in [6.45, 7) is 9.64. The van der Waals surface area contributed by atoms with Crippen molar-refractivity contribution < 1.29 is 0 Å². The third-order valence-corrected chi connectivity index (χ3v) is 4.43. The van der Waals surface area contributed by atoms with E-state index in [0.717, 1.165) is 5.92 Å². The molecule has 0 bridgehead atoms. The molecular weight excluding hydrogens is 236 g/mol. The van der Waals surface area contributed by atoms with E-state index in [0.29, 0.717) is 18.6 Å². The van der Waals surface area contributed by atoms with Crippen LogP contribution in [0.15, 0.2) is 12.4 Å². The largest absolute Gasteiger partial charge is 0.329 e. The lowest BCUT2D eigenvalue weighted by molar-refractivity contribution is 0.134. The fourth-order valence-electron chi connectivity index (χ4n) is 2.98. The molecule has 1 atom stereocenters. The molecule has 1 aliphatic heterocycles. The summed E-state index contributed by atoms with van der Waals surface area (Å²) < 4.78 is 2.02. The molecular formula is C15H28N4. The SMILES string of the molecule is CCC1CCN(C(CN)c2cnn(C(C)C)c2)CC1. The van der Waals surface area contributed by atoms with Gasteiger partial charge in [0.2, 0.25) is 0 Å². The number of rotatable bonds is 5. The van der Waals surface area contributed by atoms with Crippen molar-refractivity contribution in [3.05, 3.63) is 18.0 Å². The van der Waals surface area contributed by atoms with Gasteiger partial charge in [-0.25, -0.2) is 0 Å². The Hall–Kier alpha value is -0.870. The van der Waals surface area contributed by atoms with Gasteiger partial charge in [-0.2, -0.15) is 5.10 Å². The highest BCUT2D eigenvalue weighted by molar-refractivity contribution is 5.12. The monoisotopic (exact) mass is 264 g/mol. The number of hydrogen-bond acceptors (Lipinski definition) is 3. The molecule has 1 aromatic heterocycles. The van der Waals surface area contributed by atoms with E-state index in [9.17, 15) is 0 Å². The van der Waals surface area contributed by atoms with Crippen LogP contribution in [0.1, 0.15) is 57.7 Å². The van der Waals surface area contributed by atoms with Gasteiger partial charge in [0, 0.05) is 24.3 Å². The maximum atomic E-state index is 6.01. The van der Waals surface area contributed by atoms with Gasteiger partial charge in [0.1, 0.15) is 0 Å². The zero-order valence-corrected chi connectivity index (χ0v) is 12.5. The predicted octanol–water partition coefficient (Wildman–Crippen LogP) is 2.59. The first kappa shape index (κ1) is 14.5. The lowest BCUT2D eigenvalue weighted by Gasteiger charge is -2.36. The number of piperidine rings is 1. The van der Waals surface area contributed by atoms with Gasteiger partial charge < -0.3 is 5.73 Å². The first-order valence-corrected chi connectivity index (χ1v) is 7.63. The quantitative estimate of drug-likeness (QED) is 0.889. The van der Waals surface area contributed by atoms with Gasteiger partial charge in [0.05, 0.1) is 12.2 Å². The van der Waals surface area contributed by atoms with E-state index in [1.807, 2.05) is 10.9 Å². The number of nitrogens with two attached hydrogens (primary N) is 1. The van der Waals surface area contributed by atoms with Gasteiger partial charge in [-0.15, -0.1) is 0 Å². The third kappa shape index (κ3) is 3.37. The summed E-state index contributed by atoms with van der Waals surface area (Å²) in [7, 11) is 0. The standard InChI is InChI=1S/C15H28N4/c1-4-13-5-7-18(8-6-13)15(9-16)14-10-17-19(11-14)12(2)3/h10-13,15H,4-9,16H2,1-3H3. The van der Waals surface area contributed by atoms with Crippen LogP contribution < -0.4 is 5.73 Å². The van der Waals surface area contributed by atoms with Gasteiger partial charge in [-0.3, -0.25) is 9.58 Å². The second-order valence-electron chi connectivity index (χ2n) is 5.99. The van der Waals surface area contributed by atoms with E-state index in [2.05, 4.69) is 37.0 Å². The van der Waals surface area contributed by atoms with Crippen LogP contribution in [0.3, 0.4) is 0 Å². The van der Waals surface area contributed by atoms with Crippen molar-refractivity contribution in [3.8, 4) is 0 Å². The summed E-state index contributed by atoms with van der Waals surface area (Å²) in [5, 5.41) is 4.44. The lowest BCUT2D eigenvalue weighted by Crippen LogP contribution is -2.39. The Morgan fingerprint density at radius 1 is 1.37 bits per heavy atom. The van der Waals surface area contributed by atoms with Crippen LogP contribution in [0.4, 0.5) is 0 Å². The van der Waals surface area contributed by atoms with Crippen molar-refractivity contribution in [2.45, 2.75) is 52.1 Å². The molecule has 4 heteroatoms. The Morgan fingerprint density at radius 3 is 2.53 bits per heavy atom. The highest BCUT2D eigenvalue weighted by Gasteiger charge is 2.25. The van der Waals surface area contributed by atoms with E-state index < -0.39 is 0 Å². The zero-order valence-electron chi connectivity index (χ0n) is 12.5. The summed E-state index contributed by atoms with van der Waals surface area (Å²) in [6.07, 6.45) is 8.08. The molecule has 0 spiro atoms. The van der Waals surface area contributed by atoms with Crippen molar-refractivity contribution in [3.63, 3.8) is 0 Å². The minimum atomic E-state index is 0.338. The maximum absolute atomic E-state index is 6.01. The van der Waals surface area contributed by atoms with Crippen LogP contribution in [0.5, 0.6) is 0 Å². The zero-order chi connectivity index (χ0) is 13.8. The first-order valence-electron chi connectivity index (χ1n) is 7.63. The molecule has 19 heavy (non-hydrogen) atoms. The van der Waals surface area contributed by atoms with Crippen molar-refractivity contribution in [1.29, 1.82) is 0 Å². The Morgan fingerprint density at radius 2 is 2.05 bits per heavy atom. The molecule has 0 radical (unpaired) electrons. The molecule has 1 fully saturated rings. The smallest absolute Gasteiger partial charge is 0.0538 e. The van der Waals surface area contributed by atoms with Crippen LogP contribution in [0.25, 0.3) is 0 Å². The number of hydrogen-bond donors (Lipinski definition) is 1. The van der Waals surface area contributed by atoms with Crippen LogP contribution in [-0.4, -0.2) is 34.3 Å². The highest BCUT2D eigenvalue weighted by atomic mass is 15.3. The fourth-order valence-corrected chi connectivity index (χ4v) is 2.98. The molecule has 0 amide bonds. The van der Waals surface area contributed by atoms with Crippen LogP contribution in [0.2, 0.25) is 0 Å². The highest BCUT2D eigenvalue weighted by Crippen LogP contribution is 2.27. The van der Waals surface area contributed by atoms with Crippen molar-refractivity contribution in [2.24, 2.45) is 11.7 Å². The summed E-state index contributed by atoms with van der Waals surface area (Å²) in [6, 6.07) is 0.753. The number of nitrogens with zero attached hydrogens (tertiary/aromatic N) is 3. The first-order chi connectivity index (χ1) is 9.15. The molecule has 2 rings (SSSR count). The Bertz CT molecular complexity index is 377. The lowest BCUT2D eigenvalue weighted by atomic mass is 9.93. The van der Waals surface area contributed by atoms with E-state index in [1.165, 1.54) is 37.9 Å². The van der Waals surface area contributed by atoms with Crippen molar-refractivity contribution >= 4 is 0 Å². The second-order valence-corrected chi connectivity index (χ2v) is 5.99. The van der Waals surface area contributed by atoms with Gasteiger partial charge in [-0.05, 0) is 45.7 Å². The van der Waals surface area contributed by atoms with Gasteiger partial charge in [0.15, 0.2) is 0 Å². The summed E-state index contributed by atoms with van der Waals surface area (Å²) in [5.41, 5.74) is 7.28. The van der Waals surface area contributed by atoms with E-state index in [-0.39, 0.29) is 0 Å². The molecule has 2 N–H and O–H groups in total. The number of likely N-dealkylation sites (tertiary alicyclic amines) is 1. The van der Waals surface area contributed by atoms with E-state index in [1.54, 1.807) is 0 Å². The second kappa shape index (κ2) is 6.53. The maximum Gasteiger partial charge on any atom is 0.0538 e.